The van der Waals surface area contributed by atoms with Crippen molar-refractivity contribution < 1.29 is 14.6 Å². The fourth-order valence-electron chi connectivity index (χ4n) is 1.01. The molecule has 14 heavy (non-hydrogen) atoms. The van der Waals surface area contributed by atoms with Crippen LogP contribution < -0.4 is 10.5 Å². The zero-order valence-electron chi connectivity index (χ0n) is 7.51. The van der Waals surface area contributed by atoms with Crippen molar-refractivity contribution in [1.82, 2.24) is 0 Å². The lowest BCUT2D eigenvalue weighted by atomic mass is 10.1. The van der Waals surface area contributed by atoms with Gasteiger partial charge in [-0.05, 0) is 17.7 Å². The minimum Gasteiger partial charge on any atom is -0.410 e. The number of carbonyl (C=O) groups is 1. The fraction of sp³-hybridized carbons (Fsp3) is 0.100. The molecule has 0 aromatic heterocycles. The number of primary amides is 1. The van der Waals surface area contributed by atoms with E-state index in [2.05, 4.69) is 11.3 Å². The van der Waals surface area contributed by atoms with Gasteiger partial charge in [0.1, 0.15) is 5.75 Å². The van der Waals surface area contributed by atoms with Gasteiger partial charge in [0.25, 0.3) is 0 Å². The van der Waals surface area contributed by atoms with E-state index in [1.165, 1.54) is 12.1 Å². The molecule has 3 N–H and O–H groups in total. The third-order valence-electron chi connectivity index (χ3n) is 1.64. The van der Waals surface area contributed by atoms with Gasteiger partial charge in [-0.2, -0.15) is 0 Å². The lowest BCUT2D eigenvalue weighted by Crippen LogP contribution is -2.16. The van der Waals surface area contributed by atoms with Crippen LogP contribution >= 0.6 is 0 Å². The molecule has 0 radical (unpaired) electrons. The van der Waals surface area contributed by atoms with Crippen LogP contribution in [-0.4, -0.2) is 11.2 Å². The number of nitrogens with two attached hydrogens (primary N) is 1. The summed E-state index contributed by atoms with van der Waals surface area (Å²) in [6, 6.07) is 6.45. The number of hydrogen-bond acceptors (Lipinski definition) is 3. The molecule has 0 fully saturated rings. The maximum absolute atomic E-state index is 10.4. The lowest BCUT2D eigenvalue weighted by molar-refractivity contribution is 0.209. The molecule has 1 aromatic carbocycles. The third-order valence-corrected chi connectivity index (χ3v) is 1.64. The molecule has 1 aromatic rings. The number of benzene rings is 1. The van der Waals surface area contributed by atoms with Crippen LogP contribution in [0.25, 0.3) is 0 Å². The summed E-state index contributed by atoms with van der Waals surface area (Å²) in [4.78, 5) is 10.4. The minimum absolute atomic E-state index is 0.302. The second-order valence-electron chi connectivity index (χ2n) is 2.67. The molecule has 0 bridgehead atoms. The van der Waals surface area contributed by atoms with Crippen molar-refractivity contribution in [2.45, 2.75) is 6.10 Å². The molecule has 1 amide bonds. The van der Waals surface area contributed by atoms with E-state index in [1.807, 2.05) is 0 Å². The molecule has 0 saturated heterocycles. The Morgan fingerprint density at radius 3 is 2.93 bits per heavy atom. The fourth-order valence-corrected chi connectivity index (χ4v) is 1.01. The number of ether oxygens (including phenoxy) is 1. The second kappa shape index (κ2) is 4.43. The zero-order valence-corrected chi connectivity index (χ0v) is 7.51. The SMILES string of the molecule is C=CC(O)c1cccc(OC(N)=O)c1. The van der Waals surface area contributed by atoms with E-state index in [4.69, 9.17) is 5.73 Å². The molecule has 0 aliphatic heterocycles. The summed E-state index contributed by atoms with van der Waals surface area (Å²) >= 11 is 0. The third kappa shape index (κ3) is 2.60. The number of amides is 1. The largest absolute Gasteiger partial charge is 0.410 e. The number of rotatable bonds is 3. The molecule has 0 aliphatic rings. The van der Waals surface area contributed by atoms with Crippen LogP contribution in [0.3, 0.4) is 0 Å². The molecule has 4 heteroatoms. The molecule has 74 valence electrons. The van der Waals surface area contributed by atoms with Crippen LogP contribution in [-0.2, 0) is 0 Å². The average Bonchev–Trinajstić information content (AvgIpc) is 2.16. The smallest absolute Gasteiger partial charge is 0.409 e. The van der Waals surface area contributed by atoms with Gasteiger partial charge < -0.3 is 15.6 Å². The molecular formula is C10H11NO3. The predicted octanol–water partition coefficient (Wildman–Crippen LogP) is 1.36. The van der Waals surface area contributed by atoms with Gasteiger partial charge in [0.05, 0.1) is 6.10 Å². The Kier molecular flexibility index (Phi) is 3.25. The highest BCUT2D eigenvalue weighted by Gasteiger charge is 2.05. The number of carbonyl (C=O) groups excluding carboxylic acids is 1. The molecule has 1 atom stereocenters. The normalized spacial score (nSPS) is 11.8. The zero-order chi connectivity index (χ0) is 10.6. The number of aliphatic hydroxyl groups excluding tert-OH is 1. The van der Waals surface area contributed by atoms with Crippen LogP contribution in [0.1, 0.15) is 11.7 Å². The Balaban J connectivity index is 2.88. The highest BCUT2D eigenvalue weighted by Crippen LogP contribution is 2.19. The predicted molar refractivity (Wildman–Crippen MR) is 51.8 cm³/mol. The maximum Gasteiger partial charge on any atom is 0.409 e. The van der Waals surface area contributed by atoms with Gasteiger partial charge in [-0.3, -0.25) is 0 Å². The molecule has 4 nitrogen and oxygen atoms in total. The van der Waals surface area contributed by atoms with Crippen LogP contribution in [0.15, 0.2) is 36.9 Å². The van der Waals surface area contributed by atoms with Crippen molar-refractivity contribution in [2.24, 2.45) is 5.73 Å². The number of hydrogen-bond donors (Lipinski definition) is 2. The molecule has 0 heterocycles. The van der Waals surface area contributed by atoms with Crippen LogP contribution in [0.4, 0.5) is 4.79 Å². The summed E-state index contributed by atoms with van der Waals surface area (Å²) in [5.41, 5.74) is 5.44. The van der Waals surface area contributed by atoms with Gasteiger partial charge in [-0.1, -0.05) is 18.2 Å². The molecular weight excluding hydrogens is 182 g/mol. The van der Waals surface area contributed by atoms with Crippen LogP contribution in [0, 0.1) is 0 Å². The summed E-state index contributed by atoms with van der Waals surface area (Å²) in [6.45, 7) is 3.45. The Morgan fingerprint density at radius 1 is 1.64 bits per heavy atom. The van der Waals surface area contributed by atoms with Crippen molar-refractivity contribution in [2.75, 3.05) is 0 Å². The van der Waals surface area contributed by atoms with Gasteiger partial charge in [0.2, 0.25) is 0 Å². The summed E-state index contributed by atoms with van der Waals surface area (Å²) in [6.07, 6.45) is -0.273. The van der Waals surface area contributed by atoms with E-state index in [0.29, 0.717) is 11.3 Å². The molecule has 0 spiro atoms. The topological polar surface area (TPSA) is 72.6 Å². The molecule has 0 aliphatic carbocycles. The Hall–Kier alpha value is -1.81. The van der Waals surface area contributed by atoms with Crippen molar-refractivity contribution in [3.63, 3.8) is 0 Å². The van der Waals surface area contributed by atoms with Crippen molar-refractivity contribution in [1.29, 1.82) is 0 Å². The Bertz CT molecular complexity index is 349. The van der Waals surface area contributed by atoms with Gasteiger partial charge in [-0.25, -0.2) is 4.79 Å². The van der Waals surface area contributed by atoms with Crippen LogP contribution in [0.2, 0.25) is 0 Å². The second-order valence-corrected chi connectivity index (χ2v) is 2.67. The van der Waals surface area contributed by atoms with E-state index in [-0.39, 0.29) is 0 Å². The van der Waals surface area contributed by atoms with Gasteiger partial charge in [0, 0.05) is 0 Å². The Morgan fingerprint density at radius 2 is 2.36 bits per heavy atom. The van der Waals surface area contributed by atoms with Crippen molar-refractivity contribution in [3.8, 4) is 5.75 Å². The lowest BCUT2D eigenvalue weighted by Gasteiger charge is -2.07. The van der Waals surface area contributed by atoms with E-state index in [1.54, 1.807) is 18.2 Å². The first-order chi connectivity index (χ1) is 6.63. The van der Waals surface area contributed by atoms with E-state index in [9.17, 15) is 9.90 Å². The van der Waals surface area contributed by atoms with Crippen molar-refractivity contribution in [3.05, 3.63) is 42.5 Å². The summed E-state index contributed by atoms with van der Waals surface area (Å²) < 4.78 is 4.64. The molecule has 1 rings (SSSR count). The first kappa shape index (κ1) is 10.3. The van der Waals surface area contributed by atoms with Gasteiger partial charge in [-0.15, -0.1) is 6.58 Å². The van der Waals surface area contributed by atoms with Gasteiger partial charge in [0.15, 0.2) is 0 Å². The summed E-state index contributed by atoms with van der Waals surface area (Å²) in [7, 11) is 0. The molecule has 1 unspecified atom stereocenters. The minimum atomic E-state index is -0.879. The van der Waals surface area contributed by atoms with E-state index in [0.717, 1.165) is 0 Å². The average molecular weight is 193 g/mol. The monoisotopic (exact) mass is 193 g/mol. The standard InChI is InChI=1S/C10H11NO3/c1-2-9(12)7-4-3-5-8(6-7)14-10(11)13/h2-6,9,12H,1H2,(H2,11,13). The number of aliphatic hydroxyl groups is 1. The van der Waals surface area contributed by atoms with E-state index >= 15 is 0 Å². The highest BCUT2D eigenvalue weighted by atomic mass is 16.5. The first-order valence-corrected chi connectivity index (χ1v) is 4.01. The highest BCUT2D eigenvalue weighted by molar-refractivity contribution is 5.68. The van der Waals surface area contributed by atoms with Crippen molar-refractivity contribution >= 4 is 6.09 Å². The quantitative estimate of drug-likeness (QED) is 0.712. The Labute approximate surface area is 81.6 Å². The summed E-state index contributed by atoms with van der Waals surface area (Å²) in [5, 5.41) is 9.40. The summed E-state index contributed by atoms with van der Waals surface area (Å²) in [5.74, 6) is 0.302. The van der Waals surface area contributed by atoms with E-state index < -0.39 is 12.2 Å². The molecule has 0 saturated carbocycles. The van der Waals surface area contributed by atoms with Crippen LogP contribution in [0.5, 0.6) is 5.75 Å². The van der Waals surface area contributed by atoms with Gasteiger partial charge >= 0.3 is 6.09 Å². The maximum atomic E-state index is 10.4. The first-order valence-electron chi connectivity index (χ1n) is 4.01.